The van der Waals surface area contributed by atoms with Gasteiger partial charge in [0.25, 0.3) is 0 Å². The molecule has 8 nitrogen and oxygen atoms in total. The molecule has 3 aromatic rings. The van der Waals surface area contributed by atoms with E-state index in [1.807, 2.05) is 12.1 Å². The number of aliphatic hydroxyl groups is 1. The number of anilines is 1. The highest BCUT2D eigenvalue weighted by atomic mass is 32.1. The van der Waals surface area contributed by atoms with Gasteiger partial charge in [0.2, 0.25) is 5.91 Å². The summed E-state index contributed by atoms with van der Waals surface area (Å²) in [5, 5.41) is 13.0. The molecule has 2 aromatic heterocycles. The number of methoxy groups -OCH3 is 1. The topological polar surface area (TPSA) is 106 Å². The van der Waals surface area contributed by atoms with Gasteiger partial charge in [-0.3, -0.25) is 4.79 Å². The van der Waals surface area contributed by atoms with E-state index < -0.39 is 18.2 Å². The van der Waals surface area contributed by atoms with Gasteiger partial charge in [0.1, 0.15) is 18.5 Å². The first kappa shape index (κ1) is 21.2. The zero-order valence-corrected chi connectivity index (χ0v) is 18.3. The largest absolute Gasteiger partial charge is 0.495 e. The van der Waals surface area contributed by atoms with E-state index >= 15 is 0 Å². The number of hydrogen-bond acceptors (Lipinski definition) is 8. The van der Waals surface area contributed by atoms with Crippen molar-refractivity contribution in [2.24, 2.45) is 5.92 Å². The number of alkyl halides is 1. The molecule has 32 heavy (non-hydrogen) atoms. The van der Waals surface area contributed by atoms with Gasteiger partial charge < -0.3 is 19.9 Å². The van der Waals surface area contributed by atoms with Gasteiger partial charge in [0.05, 0.1) is 35.5 Å². The van der Waals surface area contributed by atoms with Crippen LogP contribution in [-0.2, 0) is 16.1 Å². The van der Waals surface area contributed by atoms with Crippen molar-refractivity contribution < 1.29 is 23.8 Å². The second-order valence-corrected chi connectivity index (χ2v) is 9.10. The summed E-state index contributed by atoms with van der Waals surface area (Å²) in [7, 11) is 1.57. The number of hydrogen-bond donors (Lipinski definition) is 2. The zero-order chi connectivity index (χ0) is 22.2. The fourth-order valence-corrected chi connectivity index (χ4v) is 4.93. The monoisotopic (exact) mass is 458 g/mol. The number of halogens is 1. The highest BCUT2D eigenvalue weighted by Gasteiger charge is 2.44. The van der Waals surface area contributed by atoms with Crippen LogP contribution >= 0.6 is 11.3 Å². The lowest BCUT2D eigenvalue weighted by Crippen LogP contribution is -2.22. The number of fused-ring (bicyclic) bond motifs is 1. The molecule has 2 saturated carbocycles. The molecule has 0 aliphatic heterocycles. The summed E-state index contributed by atoms with van der Waals surface area (Å²) >= 11 is 1.28. The Labute approximate surface area is 187 Å². The van der Waals surface area contributed by atoms with Gasteiger partial charge in [-0.25, -0.2) is 19.3 Å². The van der Waals surface area contributed by atoms with Crippen LogP contribution in [0.4, 0.5) is 9.52 Å². The summed E-state index contributed by atoms with van der Waals surface area (Å²) in [4.78, 5) is 25.3. The number of carbonyl (C=O) groups excluding carboxylic acids is 1. The highest BCUT2D eigenvalue weighted by molar-refractivity contribution is 7.22. The summed E-state index contributed by atoms with van der Waals surface area (Å²) in [6.45, 7) is 0.247. The number of benzene rings is 1. The van der Waals surface area contributed by atoms with Crippen LogP contribution in [-0.4, -0.2) is 51.5 Å². The van der Waals surface area contributed by atoms with Crippen LogP contribution in [0.15, 0.2) is 24.5 Å². The van der Waals surface area contributed by atoms with Gasteiger partial charge in [-0.1, -0.05) is 11.3 Å². The van der Waals surface area contributed by atoms with Gasteiger partial charge in [-0.15, -0.1) is 0 Å². The Bertz CT molecular complexity index is 1140. The number of ether oxygens (including phenoxy) is 2. The molecule has 2 fully saturated rings. The van der Waals surface area contributed by atoms with E-state index in [-0.39, 0.29) is 25.0 Å². The lowest BCUT2D eigenvalue weighted by molar-refractivity contribution is -0.117. The first-order valence-electron chi connectivity index (χ1n) is 10.6. The predicted molar refractivity (Wildman–Crippen MR) is 117 cm³/mol. The zero-order valence-electron chi connectivity index (χ0n) is 17.5. The minimum atomic E-state index is -1.05. The molecule has 0 spiro atoms. The number of aromatic nitrogens is 3. The average molecular weight is 459 g/mol. The molecule has 10 heteroatoms. The molecule has 0 bridgehead atoms. The second kappa shape index (κ2) is 8.68. The van der Waals surface area contributed by atoms with E-state index in [4.69, 9.17) is 9.47 Å². The SMILES string of the molecule is COc1c(-c2cnc(CO[C@H]3CCC[C@@H]3O)nc2)ccc2nc(NC(=O)[C@@H]3C[C@@H]3F)sc12. The molecule has 0 saturated heterocycles. The van der Waals surface area contributed by atoms with E-state index in [0.717, 1.165) is 35.1 Å². The van der Waals surface area contributed by atoms with Crippen molar-refractivity contribution in [1.29, 1.82) is 0 Å². The molecule has 1 amide bonds. The fourth-order valence-electron chi connectivity index (χ4n) is 3.94. The summed E-state index contributed by atoms with van der Waals surface area (Å²) in [5.74, 6) is 0.238. The van der Waals surface area contributed by atoms with E-state index in [2.05, 4.69) is 20.3 Å². The maximum Gasteiger partial charge on any atom is 0.232 e. The van der Waals surface area contributed by atoms with Crippen molar-refractivity contribution >= 4 is 32.6 Å². The maximum atomic E-state index is 13.1. The van der Waals surface area contributed by atoms with Crippen molar-refractivity contribution in [2.75, 3.05) is 12.4 Å². The van der Waals surface area contributed by atoms with Crippen molar-refractivity contribution in [3.05, 3.63) is 30.4 Å². The van der Waals surface area contributed by atoms with Gasteiger partial charge in [0, 0.05) is 23.5 Å². The lowest BCUT2D eigenvalue weighted by atomic mass is 10.1. The molecule has 2 aliphatic carbocycles. The van der Waals surface area contributed by atoms with E-state index in [1.165, 1.54) is 11.3 Å². The number of nitrogens with zero attached hydrogens (tertiary/aromatic N) is 3. The Morgan fingerprint density at radius 2 is 2.09 bits per heavy atom. The molecule has 2 aliphatic rings. The van der Waals surface area contributed by atoms with E-state index in [9.17, 15) is 14.3 Å². The van der Waals surface area contributed by atoms with Gasteiger partial charge in [-0.2, -0.15) is 0 Å². The molecule has 4 atom stereocenters. The number of rotatable bonds is 7. The Kier molecular flexibility index (Phi) is 5.75. The van der Waals surface area contributed by atoms with Crippen LogP contribution in [0.2, 0.25) is 0 Å². The van der Waals surface area contributed by atoms with Crippen LogP contribution < -0.4 is 10.1 Å². The van der Waals surface area contributed by atoms with Crippen molar-refractivity contribution in [1.82, 2.24) is 15.0 Å². The second-order valence-electron chi connectivity index (χ2n) is 8.10. The number of nitrogens with one attached hydrogen (secondary N) is 1. The van der Waals surface area contributed by atoms with Crippen LogP contribution in [0.3, 0.4) is 0 Å². The minimum Gasteiger partial charge on any atom is -0.495 e. The molecule has 168 valence electrons. The summed E-state index contributed by atoms with van der Waals surface area (Å²) < 4.78 is 25.3. The summed E-state index contributed by atoms with van der Waals surface area (Å²) in [6, 6.07) is 3.71. The fraction of sp³-hybridized carbons (Fsp3) is 0.455. The Balaban J connectivity index is 1.34. The number of aliphatic hydroxyl groups excluding tert-OH is 1. The predicted octanol–water partition coefficient (Wildman–Crippen LogP) is 3.49. The molecule has 0 unspecified atom stereocenters. The third-order valence-corrected chi connectivity index (χ3v) is 6.84. The van der Waals surface area contributed by atoms with Gasteiger partial charge in [-0.05, 0) is 37.8 Å². The molecule has 0 radical (unpaired) electrons. The van der Waals surface area contributed by atoms with Gasteiger partial charge in [0.15, 0.2) is 11.0 Å². The van der Waals surface area contributed by atoms with Crippen LogP contribution in [0, 0.1) is 5.92 Å². The maximum absolute atomic E-state index is 13.1. The molecule has 2 heterocycles. The highest BCUT2D eigenvalue weighted by Crippen LogP contribution is 2.41. The molecule has 2 N–H and O–H groups in total. The summed E-state index contributed by atoms with van der Waals surface area (Å²) in [5.41, 5.74) is 2.25. The number of carbonyl (C=O) groups is 1. The smallest absolute Gasteiger partial charge is 0.232 e. The van der Waals surface area contributed by atoms with Crippen molar-refractivity contribution in [3.8, 4) is 16.9 Å². The van der Waals surface area contributed by atoms with Crippen LogP contribution in [0.1, 0.15) is 31.5 Å². The quantitative estimate of drug-likeness (QED) is 0.558. The molecular formula is C22H23FN4O4S. The van der Waals surface area contributed by atoms with E-state index in [1.54, 1.807) is 19.5 Å². The van der Waals surface area contributed by atoms with Gasteiger partial charge >= 0.3 is 0 Å². The Morgan fingerprint density at radius 1 is 1.31 bits per heavy atom. The Hall–Kier alpha value is -2.69. The Morgan fingerprint density at radius 3 is 2.75 bits per heavy atom. The van der Waals surface area contributed by atoms with Crippen molar-refractivity contribution in [2.45, 2.75) is 50.7 Å². The van der Waals surface area contributed by atoms with Crippen LogP contribution in [0.25, 0.3) is 21.3 Å². The first-order valence-corrected chi connectivity index (χ1v) is 11.4. The number of amides is 1. The first-order chi connectivity index (χ1) is 15.5. The van der Waals surface area contributed by atoms with E-state index in [0.29, 0.717) is 22.2 Å². The summed E-state index contributed by atoms with van der Waals surface area (Å²) in [6.07, 6.45) is 4.65. The van der Waals surface area contributed by atoms with Crippen LogP contribution in [0.5, 0.6) is 5.75 Å². The minimum absolute atomic E-state index is 0.155. The standard InChI is InChI=1S/C22H23FN4O4S/c1-30-19-12(11-8-24-18(25-9-11)10-31-17-4-2-3-16(17)28)5-6-15-20(19)32-22(26-15)27-21(29)13-7-14(13)23/h5-6,8-9,13-14,16-17,28H,2-4,7,10H2,1H3,(H,26,27,29)/t13-,14+,16+,17+/m1/s1. The lowest BCUT2D eigenvalue weighted by Gasteiger charge is -2.15. The molecule has 5 rings (SSSR count). The molecule has 1 aromatic carbocycles. The third-order valence-electron chi connectivity index (χ3n) is 5.86. The average Bonchev–Trinajstić information content (AvgIpc) is 3.18. The van der Waals surface area contributed by atoms with Crippen molar-refractivity contribution in [3.63, 3.8) is 0 Å². The normalized spacial score (nSPS) is 24.6. The molecular weight excluding hydrogens is 435 g/mol. The third kappa shape index (κ3) is 4.17. The number of thiazole rings is 1.